The van der Waals surface area contributed by atoms with Crippen molar-refractivity contribution in [3.05, 3.63) is 18.2 Å². The molecular weight excluding hydrogens is 152 g/mol. The highest BCUT2D eigenvalue weighted by Gasteiger charge is 2.08. The summed E-state index contributed by atoms with van der Waals surface area (Å²) in [5, 5.41) is 0. The Balaban J connectivity index is 2.58. The third-order valence-electron chi connectivity index (χ3n) is 1.94. The molecule has 1 heterocycles. The van der Waals surface area contributed by atoms with Crippen LogP contribution in [-0.2, 0) is 18.5 Å². The first-order valence-corrected chi connectivity index (χ1v) is 4.24. The Morgan fingerprint density at radius 2 is 2.25 bits per heavy atom. The zero-order valence-electron chi connectivity index (χ0n) is 8.24. The second-order valence-electron chi connectivity index (χ2n) is 3.27. The van der Waals surface area contributed by atoms with Crippen LogP contribution in [0, 0.1) is 6.92 Å². The molecule has 1 aromatic rings. The molecule has 0 bridgehead atoms. The summed E-state index contributed by atoms with van der Waals surface area (Å²) in [6, 6.07) is 0. The molecule has 0 aliphatic heterocycles. The van der Waals surface area contributed by atoms with Crippen molar-refractivity contribution in [1.29, 1.82) is 0 Å². The predicted octanol–water partition coefficient (Wildman–Crippen LogP) is 1.00. The molecule has 0 aliphatic carbocycles. The molecule has 3 nitrogen and oxygen atoms in total. The largest absolute Gasteiger partial charge is 0.339 e. The number of hydrogen-bond donors (Lipinski definition) is 0. The van der Waals surface area contributed by atoms with Crippen molar-refractivity contribution in [2.75, 3.05) is 0 Å². The van der Waals surface area contributed by atoms with Gasteiger partial charge in [0.1, 0.15) is 12.4 Å². The molecule has 0 radical (unpaired) electrons. The van der Waals surface area contributed by atoms with Gasteiger partial charge in [-0.1, -0.05) is 0 Å². The van der Waals surface area contributed by atoms with Gasteiger partial charge in [-0.15, -0.1) is 0 Å². The van der Waals surface area contributed by atoms with Crippen LogP contribution < -0.4 is 4.57 Å². The molecule has 12 heavy (non-hydrogen) atoms. The van der Waals surface area contributed by atoms with Crippen LogP contribution in [0.4, 0.5) is 0 Å². The van der Waals surface area contributed by atoms with Gasteiger partial charge in [-0.2, -0.15) is 0 Å². The maximum atomic E-state index is 5.47. The molecule has 1 aromatic heterocycles. The van der Waals surface area contributed by atoms with Gasteiger partial charge in [-0.3, -0.25) is 0 Å². The minimum Gasteiger partial charge on any atom is -0.339 e. The molecule has 0 spiro atoms. The highest BCUT2D eigenvalue weighted by atomic mass is 16.5. The first-order valence-electron chi connectivity index (χ1n) is 4.24. The summed E-state index contributed by atoms with van der Waals surface area (Å²) in [6.07, 6.45) is 4.34. The van der Waals surface area contributed by atoms with Crippen molar-refractivity contribution in [3.63, 3.8) is 0 Å². The lowest BCUT2D eigenvalue weighted by molar-refractivity contribution is -0.677. The van der Waals surface area contributed by atoms with E-state index in [-0.39, 0.29) is 6.10 Å². The van der Waals surface area contributed by atoms with E-state index in [1.807, 2.05) is 33.3 Å². The molecule has 0 aliphatic rings. The maximum absolute atomic E-state index is 5.47. The van der Waals surface area contributed by atoms with Crippen molar-refractivity contribution in [2.45, 2.75) is 33.6 Å². The second-order valence-corrected chi connectivity index (χ2v) is 3.27. The van der Waals surface area contributed by atoms with E-state index in [2.05, 4.69) is 16.1 Å². The molecule has 3 heteroatoms. The Morgan fingerprint density at radius 1 is 1.58 bits per heavy atom. The molecule has 0 N–H and O–H groups in total. The van der Waals surface area contributed by atoms with Gasteiger partial charge in [0.15, 0.2) is 6.73 Å². The fraction of sp³-hybridized carbons (Fsp3) is 0.667. The van der Waals surface area contributed by atoms with Gasteiger partial charge in [0.05, 0.1) is 13.2 Å². The van der Waals surface area contributed by atoms with Crippen LogP contribution in [-0.4, -0.2) is 10.7 Å². The summed E-state index contributed by atoms with van der Waals surface area (Å²) in [7, 11) is 2.03. The normalized spacial score (nSPS) is 11.1. The molecule has 0 fully saturated rings. The molecule has 1 rings (SSSR count). The molecule has 0 saturated carbocycles. The first-order chi connectivity index (χ1) is 5.61. The van der Waals surface area contributed by atoms with Gasteiger partial charge in [0.2, 0.25) is 0 Å². The Morgan fingerprint density at radius 3 is 2.67 bits per heavy atom. The highest BCUT2D eigenvalue weighted by molar-refractivity contribution is 4.77. The summed E-state index contributed by atoms with van der Waals surface area (Å²) in [6.45, 7) is 6.80. The number of aromatic nitrogens is 2. The molecule has 0 amide bonds. The summed E-state index contributed by atoms with van der Waals surface area (Å²) >= 11 is 0. The van der Waals surface area contributed by atoms with Crippen molar-refractivity contribution >= 4 is 0 Å². The molecular formula is C9H17N2O+. The van der Waals surface area contributed by atoms with Crippen molar-refractivity contribution < 1.29 is 9.30 Å². The standard InChI is InChI=1S/C9H17N2O/c1-8(2)12-7-11-6-5-10(4)9(11)3/h5-6,8H,7H2,1-4H3/q+1. The van der Waals surface area contributed by atoms with E-state index in [1.54, 1.807) is 0 Å². The van der Waals surface area contributed by atoms with Crippen LogP contribution >= 0.6 is 0 Å². The van der Waals surface area contributed by atoms with Crippen LogP contribution in [0.3, 0.4) is 0 Å². The zero-order valence-corrected chi connectivity index (χ0v) is 8.24. The van der Waals surface area contributed by atoms with Gasteiger partial charge < -0.3 is 4.74 Å². The number of ether oxygens (including phenoxy) is 1. The van der Waals surface area contributed by atoms with E-state index in [1.165, 1.54) is 5.82 Å². The van der Waals surface area contributed by atoms with Gasteiger partial charge >= 0.3 is 0 Å². The quantitative estimate of drug-likeness (QED) is 0.617. The molecule has 0 aromatic carbocycles. The Kier molecular flexibility index (Phi) is 2.87. The van der Waals surface area contributed by atoms with Gasteiger partial charge in [-0.25, -0.2) is 9.13 Å². The van der Waals surface area contributed by atoms with Crippen LogP contribution in [0.2, 0.25) is 0 Å². The van der Waals surface area contributed by atoms with Crippen LogP contribution in [0.5, 0.6) is 0 Å². The number of aryl methyl sites for hydroxylation is 1. The minimum absolute atomic E-state index is 0.289. The fourth-order valence-electron chi connectivity index (χ4n) is 0.965. The van der Waals surface area contributed by atoms with Crippen molar-refractivity contribution in [3.8, 4) is 0 Å². The van der Waals surface area contributed by atoms with Crippen LogP contribution in [0.25, 0.3) is 0 Å². The molecule has 0 atom stereocenters. The number of nitrogens with zero attached hydrogens (tertiary/aromatic N) is 2. The monoisotopic (exact) mass is 169 g/mol. The highest BCUT2D eigenvalue weighted by Crippen LogP contribution is 1.96. The molecule has 0 saturated heterocycles. The summed E-state index contributed by atoms with van der Waals surface area (Å²) in [5.74, 6) is 1.20. The van der Waals surface area contributed by atoms with E-state index in [0.717, 1.165) is 0 Å². The summed E-state index contributed by atoms with van der Waals surface area (Å²) in [4.78, 5) is 0. The van der Waals surface area contributed by atoms with Crippen LogP contribution in [0.15, 0.2) is 12.4 Å². The van der Waals surface area contributed by atoms with Gasteiger partial charge in [0, 0.05) is 6.92 Å². The average molecular weight is 169 g/mol. The van der Waals surface area contributed by atoms with E-state index >= 15 is 0 Å². The first kappa shape index (κ1) is 9.26. The van der Waals surface area contributed by atoms with Gasteiger partial charge in [-0.05, 0) is 13.8 Å². The predicted molar refractivity (Wildman–Crippen MR) is 46.6 cm³/mol. The van der Waals surface area contributed by atoms with Gasteiger partial charge in [0.25, 0.3) is 5.82 Å². The Bertz CT molecular complexity index is 253. The number of hydrogen-bond acceptors (Lipinski definition) is 1. The SMILES string of the molecule is Cc1n(COC(C)C)cc[n+]1C. The van der Waals surface area contributed by atoms with E-state index in [9.17, 15) is 0 Å². The third-order valence-corrected chi connectivity index (χ3v) is 1.94. The Labute approximate surface area is 73.6 Å². The van der Waals surface area contributed by atoms with E-state index in [4.69, 9.17) is 4.74 Å². The zero-order chi connectivity index (χ0) is 9.14. The molecule has 0 unspecified atom stereocenters. The third kappa shape index (κ3) is 2.08. The van der Waals surface area contributed by atoms with Crippen molar-refractivity contribution in [2.24, 2.45) is 7.05 Å². The van der Waals surface area contributed by atoms with Crippen molar-refractivity contribution in [1.82, 2.24) is 4.57 Å². The summed E-state index contributed by atoms with van der Waals surface area (Å²) in [5.41, 5.74) is 0. The lowest BCUT2D eigenvalue weighted by Gasteiger charge is -2.04. The molecule has 68 valence electrons. The van der Waals surface area contributed by atoms with E-state index in [0.29, 0.717) is 6.73 Å². The topological polar surface area (TPSA) is 18.0 Å². The second kappa shape index (κ2) is 3.72. The lowest BCUT2D eigenvalue weighted by atomic mass is 10.5. The minimum atomic E-state index is 0.289. The van der Waals surface area contributed by atoms with E-state index < -0.39 is 0 Å². The smallest absolute Gasteiger partial charge is 0.254 e. The number of rotatable bonds is 3. The van der Waals surface area contributed by atoms with Crippen LogP contribution in [0.1, 0.15) is 19.7 Å². The lowest BCUT2D eigenvalue weighted by Crippen LogP contribution is -2.30. The fourth-order valence-corrected chi connectivity index (χ4v) is 0.965. The maximum Gasteiger partial charge on any atom is 0.254 e. The number of imidazole rings is 1. The average Bonchev–Trinajstić information content (AvgIpc) is 2.30. The summed E-state index contributed by atoms with van der Waals surface area (Å²) < 4.78 is 9.63. The Hall–Kier alpha value is -0.830.